The molecule has 0 radical (unpaired) electrons. The molecule has 0 bridgehead atoms. The first-order valence-electron chi connectivity index (χ1n) is 5.23. The summed E-state index contributed by atoms with van der Waals surface area (Å²) >= 11 is 5.71. The normalized spacial score (nSPS) is 10.3. The average molecular weight is 265 g/mol. The van der Waals surface area contributed by atoms with E-state index in [-0.39, 0.29) is 24.1 Å². The molecule has 0 aliphatic carbocycles. The third-order valence-electron chi connectivity index (χ3n) is 2.32. The van der Waals surface area contributed by atoms with Crippen LogP contribution in [0.25, 0.3) is 11.0 Å². The quantitative estimate of drug-likeness (QED) is 0.623. The van der Waals surface area contributed by atoms with Gasteiger partial charge in [-0.1, -0.05) is 0 Å². The molecule has 0 aliphatic rings. The molecule has 6 nitrogen and oxygen atoms in total. The van der Waals surface area contributed by atoms with E-state index in [1.165, 1.54) is 10.8 Å². The molecule has 0 N–H and O–H groups in total. The van der Waals surface area contributed by atoms with E-state index in [0.717, 1.165) is 0 Å². The second-order valence-corrected chi connectivity index (χ2v) is 3.75. The SMILES string of the molecule is CCOC(=O)c1cc2cnc(Cl)nc2n1CC#N. The number of nitriles is 1. The molecule has 0 amide bonds. The predicted molar refractivity (Wildman–Crippen MR) is 64.1 cm³/mol. The fraction of sp³-hybridized carbons (Fsp3) is 0.273. The minimum atomic E-state index is -0.498. The molecule has 0 aromatic carbocycles. The van der Waals surface area contributed by atoms with E-state index in [0.29, 0.717) is 11.0 Å². The van der Waals surface area contributed by atoms with Gasteiger partial charge in [0, 0.05) is 11.6 Å². The van der Waals surface area contributed by atoms with Gasteiger partial charge in [-0.25, -0.2) is 9.78 Å². The maximum Gasteiger partial charge on any atom is 0.355 e. The number of rotatable bonds is 3. The molecular weight excluding hydrogens is 256 g/mol. The highest BCUT2D eigenvalue weighted by Crippen LogP contribution is 2.19. The number of hydrogen-bond donors (Lipinski definition) is 0. The highest BCUT2D eigenvalue weighted by atomic mass is 35.5. The van der Waals surface area contributed by atoms with Crippen molar-refractivity contribution in [2.45, 2.75) is 13.5 Å². The Kier molecular flexibility index (Phi) is 3.44. The van der Waals surface area contributed by atoms with Gasteiger partial charge in [0.05, 0.1) is 12.7 Å². The van der Waals surface area contributed by atoms with Crippen molar-refractivity contribution in [2.24, 2.45) is 0 Å². The van der Waals surface area contributed by atoms with Crippen molar-refractivity contribution in [1.29, 1.82) is 5.26 Å². The minimum absolute atomic E-state index is 0.00894. The highest BCUT2D eigenvalue weighted by Gasteiger charge is 2.17. The zero-order valence-electron chi connectivity index (χ0n) is 9.55. The molecule has 7 heteroatoms. The van der Waals surface area contributed by atoms with E-state index < -0.39 is 5.97 Å². The molecule has 2 heterocycles. The summed E-state index contributed by atoms with van der Waals surface area (Å²) in [6, 6.07) is 3.56. The topological polar surface area (TPSA) is 80.8 Å². The predicted octanol–water partition coefficient (Wildman–Crippen LogP) is 1.78. The molecule has 0 saturated heterocycles. The first kappa shape index (κ1) is 12.3. The summed E-state index contributed by atoms with van der Waals surface area (Å²) in [5.74, 6) is -0.498. The summed E-state index contributed by atoms with van der Waals surface area (Å²) in [5.41, 5.74) is 0.713. The number of carbonyl (C=O) groups excluding carboxylic acids is 1. The lowest BCUT2D eigenvalue weighted by Gasteiger charge is -2.04. The molecule has 0 saturated carbocycles. The Morgan fingerprint density at radius 3 is 3.11 bits per heavy atom. The number of carbonyl (C=O) groups is 1. The molecule has 0 aliphatic heterocycles. The van der Waals surface area contributed by atoms with Crippen LogP contribution in [0.1, 0.15) is 17.4 Å². The Labute approximate surface area is 108 Å². The molecule has 0 atom stereocenters. The summed E-state index contributed by atoms with van der Waals surface area (Å²) < 4.78 is 6.38. The maximum atomic E-state index is 11.8. The first-order valence-corrected chi connectivity index (χ1v) is 5.61. The summed E-state index contributed by atoms with van der Waals surface area (Å²) in [4.78, 5) is 19.6. The number of nitrogens with zero attached hydrogens (tertiary/aromatic N) is 4. The summed E-state index contributed by atoms with van der Waals surface area (Å²) in [6.45, 7) is 1.97. The van der Waals surface area contributed by atoms with Crippen LogP contribution in [0.3, 0.4) is 0 Å². The molecule has 18 heavy (non-hydrogen) atoms. The molecule has 2 aromatic heterocycles. The molecule has 2 aromatic rings. The summed E-state index contributed by atoms with van der Waals surface area (Å²) in [5, 5.41) is 9.51. The van der Waals surface area contributed by atoms with Gasteiger partial charge in [-0.05, 0) is 24.6 Å². The zero-order chi connectivity index (χ0) is 13.1. The number of aromatic nitrogens is 3. The Morgan fingerprint density at radius 1 is 1.67 bits per heavy atom. The first-order chi connectivity index (χ1) is 8.67. The van der Waals surface area contributed by atoms with Crippen molar-refractivity contribution < 1.29 is 9.53 Å². The van der Waals surface area contributed by atoms with Crippen LogP contribution in [-0.4, -0.2) is 27.1 Å². The maximum absolute atomic E-state index is 11.8. The van der Waals surface area contributed by atoms with Gasteiger partial charge in [-0.2, -0.15) is 10.2 Å². The lowest BCUT2D eigenvalue weighted by molar-refractivity contribution is 0.0515. The highest BCUT2D eigenvalue weighted by molar-refractivity contribution is 6.28. The Bertz CT molecular complexity index is 644. The third kappa shape index (κ3) is 2.13. The van der Waals surface area contributed by atoms with E-state index >= 15 is 0 Å². The van der Waals surface area contributed by atoms with E-state index in [4.69, 9.17) is 21.6 Å². The van der Waals surface area contributed by atoms with Gasteiger partial charge in [0.1, 0.15) is 17.9 Å². The Morgan fingerprint density at radius 2 is 2.44 bits per heavy atom. The van der Waals surface area contributed by atoms with Crippen LogP contribution in [0.2, 0.25) is 5.28 Å². The smallest absolute Gasteiger partial charge is 0.355 e. The van der Waals surface area contributed by atoms with Crippen molar-refractivity contribution in [1.82, 2.24) is 14.5 Å². The number of esters is 1. The zero-order valence-corrected chi connectivity index (χ0v) is 10.3. The molecular formula is C11H9ClN4O2. The van der Waals surface area contributed by atoms with Crippen LogP contribution < -0.4 is 0 Å². The van der Waals surface area contributed by atoms with Crippen LogP contribution >= 0.6 is 11.6 Å². The van der Waals surface area contributed by atoms with Gasteiger partial charge >= 0.3 is 5.97 Å². The van der Waals surface area contributed by atoms with Gasteiger partial charge < -0.3 is 9.30 Å². The van der Waals surface area contributed by atoms with E-state index in [2.05, 4.69) is 9.97 Å². The summed E-state index contributed by atoms with van der Waals surface area (Å²) in [7, 11) is 0. The standard InChI is InChI=1S/C11H9ClN4O2/c1-2-18-10(17)8-5-7-6-14-11(12)15-9(7)16(8)4-3-13/h5-6H,2,4H2,1H3. The van der Waals surface area contributed by atoms with Gasteiger partial charge in [0.2, 0.25) is 5.28 Å². The average Bonchev–Trinajstić information content (AvgIpc) is 2.69. The Balaban J connectivity index is 2.62. The fourth-order valence-corrected chi connectivity index (χ4v) is 1.75. The second-order valence-electron chi connectivity index (χ2n) is 3.41. The van der Waals surface area contributed by atoms with Gasteiger partial charge in [-0.3, -0.25) is 0 Å². The monoisotopic (exact) mass is 264 g/mol. The fourth-order valence-electron chi connectivity index (χ4n) is 1.62. The van der Waals surface area contributed by atoms with Crippen molar-refractivity contribution in [3.05, 3.63) is 23.2 Å². The van der Waals surface area contributed by atoms with Crippen molar-refractivity contribution >= 4 is 28.6 Å². The lowest BCUT2D eigenvalue weighted by Crippen LogP contribution is -2.12. The lowest BCUT2D eigenvalue weighted by atomic mass is 10.3. The Hall–Kier alpha value is -2.13. The van der Waals surface area contributed by atoms with Crippen LogP contribution in [0, 0.1) is 11.3 Å². The van der Waals surface area contributed by atoms with Crippen molar-refractivity contribution in [3.8, 4) is 6.07 Å². The molecule has 0 unspecified atom stereocenters. The van der Waals surface area contributed by atoms with E-state index in [9.17, 15) is 4.79 Å². The molecule has 0 spiro atoms. The summed E-state index contributed by atoms with van der Waals surface area (Å²) in [6.07, 6.45) is 1.50. The van der Waals surface area contributed by atoms with Crippen molar-refractivity contribution in [2.75, 3.05) is 6.61 Å². The van der Waals surface area contributed by atoms with Gasteiger partial charge in [-0.15, -0.1) is 0 Å². The molecule has 2 rings (SSSR count). The van der Waals surface area contributed by atoms with Crippen LogP contribution in [0.15, 0.2) is 12.3 Å². The molecule has 92 valence electrons. The van der Waals surface area contributed by atoms with Crippen LogP contribution in [-0.2, 0) is 11.3 Å². The largest absolute Gasteiger partial charge is 0.461 e. The van der Waals surface area contributed by atoms with Gasteiger partial charge in [0.15, 0.2) is 0 Å². The number of hydrogen-bond acceptors (Lipinski definition) is 5. The molecule has 0 fully saturated rings. The van der Waals surface area contributed by atoms with E-state index in [1.54, 1.807) is 13.0 Å². The number of ether oxygens (including phenoxy) is 1. The van der Waals surface area contributed by atoms with E-state index in [1.807, 2.05) is 6.07 Å². The number of fused-ring (bicyclic) bond motifs is 1. The van der Waals surface area contributed by atoms with Crippen LogP contribution in [0.4, 0.5) is 0 Å². The third-order valence-corrected chi connectivity index (χ3v) is 2.50. The van der Waals surface area contributed by atoms with Gasteiger partial charge in [0.25, 0.3) is 0 Å². The van der Waals surface area contributed by atoms with Crippen LogP contribution in [0.5, 0.6) is 0 Å². The second kappa shape index (κ2) is 5.02. The minimum Gasteiger partial charge on any atom is -0.461 e. The van der Waals surface area contributed by atoms with Crippen molar-refractivity contribution in [3.63, 3.8) is 0 Å². The number of halogens is 1.